The monoisotopic (exact) mass is 154 g/mol. The molecule has 0 saturated carbocycles. The highest BCUT2D eigenvalue weighted by molar-refractivity contribution is 6.87. The van der Waals surface area contributed by atoms with Crippen LogP contribution in [0.5, 0.6) is 0 Å². The van der Waals surface area contributed by atoms with Crippen LogP contribution in [0.3, 0.4) is 0 Å². The van der Waals surface area contributed by atoms with Crippen molar-refractivity contribution in [2.24, 2.45) is 0 Å². The molecule has 0 aliphatic heterocycles. The number of hydrogen-bond donors (Lipinski definition) is 0. The summed E-state index contributed by atoms with van der Waals surface area (Å²) in [5.41, 5.74) is 4.76. The van der Waals surface area contributed by atoms with Crippen LogP contribution in [-0.4, -0.2) is 8.07 Å². The maximum Gasteiger partial charge on any atom is 0.0975 e. The zero-order chi connectivity index (χ0) is 8.04. The second kappa shape index (κ2) is 4.50. The van der Waals surface area contributed by atoms with E-state index in [1.807, 2.05) is 0 Å². The van der Waals surface area contributed by atoms with E-state index in [4.69, 9.17) is 0 Å². The summed E-state index contributed by atoms with van der Waals surface area (Å²) < 4.78 is 0. The molecule has 0 rings (SSSR count). The summed E-state index contributed by atoms with van der Waals surface area (Å²) in [6.45, 7) is 8.86. The van der Waals surface area contributed by atoms with Crippen molar-refractivity contribution in [2.45, 2.75) is 33.4 Å². The van der Waals surface area contributed by atoms with Gasteiger partial charge < -0.3 is 0 Å². The fourth-order valence-corrected chi connectivity index (χ4v) is 3.16. The number of hydrogen-bond acceptors (Lipinski definition) is 0. The lowest BCUT2D eigenvalue weighted by molar-refractivity contribution is 1.39. The molecule has 0 aromatic rings. The lowest BCUT2D eigenvalue weighted by Crippen LogP contribution is -2.23. The summed E-state index contributed by atoms with van der Waals surface area (Å²) in [7, 11) is -1.08. The second-order valence-corrected chi connectivity index (χ2v) is 7.24. The highest BCUT2D eigenvalue weighted by atomic mass is 28.3. The molecule has 0 bridgehead atoms. The third-order valence-electron chi connectivity index (χ3n) is 1.86. The van der Waals surface area contributed by atoms with E-state index in [-0.39, 0.29) is 0 Å². The first-order chi connectivity index (χ1) is 4.68. The second-order valence-electron chi connectivity index (χ2n) is 2.86. The van der Waals surface area contributed by atoms with Crippen molar-refractivity contribution in [3.05, 3.63) is 23.6 Å². The first-order valence-electron chi connectivity index (χ1n) is 3.96. The Balaban J connectivity index is 4.22. The minimum atomic E-state index is -1.08. The van der Waals surface area contributed by atoms with Crippen LogP contribution in [0, 0.1) is 0 Å². The van der Waals surface area contributed by atoms with Crippen LogP contribution < -0.4 is 0 Å². The van der Waals surface area contributed by atoms with Crippen LogP contribution in [0.1, 0.15) is 20.8 Å². The smallest absolute Gasteiger partial charge is 0.0952 e. The van der Waals surface area contributed by atoms with Gasteiger partial charge in [0.25, 0.3) is 0 Å². The van der Waals surface area contributed by atoms with Crippen molar-refractivity contribution >= 4 is 8.07 Å². The quantitative estimate of drug-likeness (QED) is 0.547. The normalized spacial score (nSPS) is 18.4. The van der Waals surface area contributed by atoms with Crippen molar-refractivity contribution in [1.29, 1.82) is 0 Å². The molecule has 10 heavy (non-hydrogen) atoms. The highest BCUT2D eigenvalue weighted by Gasteiger charge is 2.15. The Hall–Kier alpha value is -0.303. The Bertz CT molecular complexity index is 122. The zero-order valence-corrected chi connectivity index (χ0v) is 8.52. The molecule has 0 amide bonds. The Morgan fingerprint density at radius 1 is 1.10 bits per heavy atom. The molecule has 0 nitrogen and oxygen atoms in total. The van der Waals surface area contributed by atoms with E-state index in [0.29, 0.717) is 0 Å². The van der Waals surface area contributed by atoms with Gasteiger partial charge >= 0.3 is 0 Å². The van der Waals surface area contributed by atoms with Gasteiger partial charge in [-0.05, 0) is 13.8 Å². The molecule has 58 valence electrons. The summed E-state index contributed by atoms with van der Waals surface area (Å²) in [6, 6.07) is 1.31. The van der Waals surface area contributed by atoms with E-state index < -0.39 is 8.07 Å². The molecule has 0 spiro atoms. The fraction of sp³-hybridized carbons (Fsp3) is 0.556. The summed E-state index contributed by atoms with van der Waals surface area (Å²) in [5, 5.41) is 0. The molecule has 0 saturated heterocycles. The first-order valence-corrected chi connectivity index (χ1v) is 6.82. The predicted molar refractivity (Wildman–Crippen MR) is 51.7 cm³/mol. The van der Waals surface area contributed by atoms with Crippen LogP contribution in [0.15, 0.2) is 23.6 Å². The van der Waals surface area contributed by atoms with E-state index in [1.165, 1.54) is 6.04 Å². The van der Waals surface area contributed by atoms with Gasteiger partial charge in [-0.3, -0.25) is 0 Å². The highest BCUT2D eigenvalue weighted by Crippen LogP contribution is 2.11. The van der Waals surface area contributed by atoms with Gasteiger partial charge in [-0.25, -0.2) is 0 Å². The largest absolute Gasteiger partial charge is 0.0975 e. The van der Waals surface area contributed by atoms with Crippen LogP contribution in [0.25, 0.3) is 0 Å². The average molecular weight is 154 g/mol. The number of rotatable bonds is 3. The Kier molecular flexibility index (Phi) is 4.37. The van der Waals surface area contributed by atoms with Gasteiger partial charge in [-0.2, -0.15) is 0 Å². The summed E-state index contributed by atoms with van der Waals surface area (Å²) in [4.78, 5) is 0. The van der Waals surface area contributed by atoms with E-state index in [9.17, 15) is 0 Å². The van der Waals surface area contributed by atoms with Crippen molar-refractivity contribution in [1.82, 2.24) is 0 Å². The van der Waals surface area contributed by atoms with Crippen LogP contribution in [0.2, 0.25) is 12.6 Å². The minimum absolute atomic E-state index is 1.08. The van der Waals surface area contributed by atoms with E-state index in [2.05, 4.69) is 50.9 Å². The minimum Gasteiger partial charge on any atom is -0.0952 e. The molecule has 0 heterocycles. The van der Waals surface area contributed by atoms with E-state index in [0.717, 1.165) is 0 Å². The molecule has 0 fully saturated rings. The van der Waals surface area contributed by atoms with Crippen molar-refractivity contribution in [3.8, 4) is 0 Å². The SMILES string of the molecule is CC=C[Si](C)(C=CC)CC. The topological polar surface area (TPSA) is 0 Å². The van der Waals surface area contributed by atoms with Gasteiger partial charge in [-0.15, -0.1) is 0 Å². The number of allylic oxidation sites excluding steroid dienone is 2. The maximum atomic E-state index is 2.38. The van der Waals surface area contributed by atoms with Gasteiger partial charge in [0.2, 0.25) is 0 Å². The molecular formula is C9H18Si. The van der Waals surface area contributed by atoms with Crippen molar-refractivity contribution < 1.29 is 0 Å². The summed E-state index contributed by atoms with van der Waals surface area (Å²) in [5.74, 6) is 0. The van der Waals surface area contributed by atoms with Gasteiger partial charge in [0.1, 0.15) is 0 Å². The van der Waals surface area contributed by atoms with E-state index >= 15 is 0 Å². The predicted octanol–water partition coefficient (Wildman–Crippen LogP) is 3.32. The Morgan fingerprint density at radius 2 is 1.50 bits per heavy atom. The molecule has 1 heteroatoms. The molecule has 0 unspecified atom stereocenters. The third-order valence-corrected chi connectivity index (χ3v) is 5.57. The lowest BCUT2D eigenvalue weighted by Gasteiger charge is -2.15. The lowest BCUT2D eigenvalue weighted by atomic mass is 10.8. The van der Waals surface area contributed by atoms with Gasteiger partial charge in [-0.1, -0.05) is 43.1 Å². The first kappa shape index (κ1) is 9.70. The Morgan fingerprint density at radius 3 is 1.70 bits per heavy atom. The molecule has 0 atom stereocenters. The maximum absolute atomic E-state index is 2.38. The molecule has 0 radical (unpaired) electrons. The molecule has 0 aliphatic rings. The standard InChI is InChI=1S/C9H18Si/c1-5-8-10(4,7-3)9-6-2/h5-6,8-9H,7H2,1-4H3. The van der Waals surface area contributed by atoms with Gasteiger partial charge in [0, 0.05) is 0 Å². The van der Waals surface area contributed by atoms with Gasteiger partial charge in [0.15, 0.2) is 0 Å². The zero-order valence-electron chi connectivity index (χ0n) is 7.52. The van der Waals surface area contributed by atoms with Crippen molar-refractivity contribution in [3.63, 3.8) is 0 Å². The molecule has 0 aromatic carbocycles. The molecule has 0 N–H and O–H groups in total. The molecular weight excluding hydrogens is 136 g/mol. The van der Waals surface area contributed by atoms with Crippen LogP contribution in [0.4, 0.5) is 0 Å². The molecule has 0 aliphatic carbocycles. The fourth-order valence-electron chi connectivity index (χ4n) is 1.05. The van der Waals surface area contributed by atoms with E-state index in [1.54, 1.807) is 0 Å². The van der Waals surface area contributed by atoms with Gasteiger partial charge in [0.05, 0.1) is 8.07 Å². The van der Waals surface area contributed by atoms with Crippen LogP contribution in [-0.2, 0) is 0 Å². The molecule has 0 aromatic heterocycles. The summed E-state index contributed by atoms with van der Waals surface area (Å²) >= 11 is 0. The average Bonchev–Trinajstić information content (AvgIpc) is 1.89. The Labute approximate surface area is 65.7 Å². The van der Waals surface area contributed by atoms with Crippen LogP contribution >= 0.6 is 0 Å². The van der Waals surface area contributed by atoms with Crippen molar-refractivity contribution in [2.75, 3.05) is 0 Å². The summed E-state index contributed by atoms with van der Waals surface area (Å²) in [6.07, 6.45) is 4.35. The third kappa shape index (κ3) is 3.02.